The average molecular weight is 280 g/mol. The lowest BCUT2D eigenvalue weighted by molar-refractivity contribution is 0.451. The van der Waals surface area contributed by atoms with Gasteiger partial charge in [-0.05, 0) is 23.6 Å². The monoisotopic (exact) mass is 280 g/mol. The molecule has 0 unspecified atom stereocenters. The average Bonchev–Trinajstić information content (AvgIpc) is 2.48. The van der Waals surface area contributed by atoms with Crippen LogP contribution in [0.4, 0.5) is 11.4 Å². The highest BCUT2D eigenvalue weighted by Gasteiger charge is 2.07. The molecule has 0 saturated heterocycles. The van der Waals surface area contributed by atoms with E-state index in [0.717, 1.165) is 10.8 Å². The number of hydrogen-bond donors (Lipinski definition) is 3. The van der Waals surface area contributed by atoms with Gasteiger partial charge in [0.05, 0.1) is 0 Å². The van der Waals surface area contributed by atoms with Crippen molar-refractivity contribution in [2.75, 3.05) is 0 Å². The molecule has 5 nitrogen and oxygen atoms in total. The number of rotatable bonds is 2. The molecule has 0 atom stereocenters. The molecule has 0 bridgehead atoms. The van der Waals surface area contributed by atoms with E-state index in [1.54, 1.807) is 12.1 Å². The maximum absolute atomic E-state index is 9.94. The number of phenolic OH excluding ortho intramolecular Hbond substituents is 3. The van der Waals surface area contributed by atoms with Gasteiger partial charge in [0, 0.05) is 11.5 Å². The van der Waals surface area contributed by atoms with Crippen molar-refractivity contribution in [3.8, 4) is 17.2 Å². The SMILES string of the molecule is Oc1ccc(N=Nc2c(O)ccc3ccccc23)c(O)c1. The number of nitrogens with zero attached hydrogens (tertiary/aromatic N) is 2. The summed E-state index contributed by atoms with van der Waals surface area (Å²) in [6.45, 7) is 0. The van der Waals surface area contributed by atoms with Crippen LogP contribution in [0.15, 0.2) is 64.8 Å². The Labute approximate surface area is 120 Å². The van der Waals surface area contributed by atoms with E-state index in [-0.39, 0.29) is 22.9 Å². The van der Waals surface area contributed by atoms with Crippen LogP contribution >= 0.6 is 0 Å². The van der Waals surface area contributed by atoms with Gasteiger partial charge in [0.25, 0.3) is 0 Å². The van der Waals surface area contributed by atoms with Crippen molar-refractivity contribution < 1.29 is 15.3 Å². The molecule has 0 fully saturated rings. The number of aromatic hydroxyl groups is 3. The van der Waals surface area contributed by atoms with Gasteiger partial charge in [0.15, 0.2) is 0 Å². The second-order valence-corrected chi connectivity index (χ2v) is 4.53. The summed E-state index contributed by atoms with van der Waals surface area (Å²) < 4.78 is 0. The zero-order valence-corrected chi connectivity index (χ0v) is 10.9. The fraction of sp³-hybridized carbons (Fsp3) is 0. The minimum Gasteiger partial charge on any atom is -0.508 e. The zero-order valence-electron chi connectivity index (χ0n) is 10.9. The Bertz CT molecular complexity index is 844. The van der Waals surface area contributed by atoms with Crippen LogP contribution < -0.4 is 0 Å². The molecule has 0 saturated carbocycles. The summed E-state index contributed by atoms with van der Waals surface area (Å²) in [5.74, 6) is -0.228. The van der Waals surface area contributed by atoms with Gasteiger partial charge in [-0.25, -0.2) is 0 Å². The smallest absolute Gasteiger partial charge is 0.146 e. The molecule has 5 heteroatoms. The van der Waals surface area contributed by atoms with Crippen LogP contribution in [-0.4, -0.2) is 15.3 Å². The van der Waals surface area contributed by atoms with Gasteiger partial charge in [-0.1, -0.05) is 30.3 Å². The van der Waals surface area contributed by atoms with Crippen LogP contribution in [0, 0.1) is 0 Å². The second-order valence-electron chi connectivity index (χ2n) is 4.53. The van der Waals surface area contributed by atoms with E-state index in [1.807, 2.05) is 24.3 Å². The van der Waals surface area contributed by atoms with Crippen LogP contribution in [-0.2, 0) is 0 Å². The number of benzene rings is 3. The first-order valence-electron chi connectivity index (χ1n) is 6.29. The van der Waals surface area contributed by atoms with E-state index < -0.39 is 0 Å². The van der Waals surface area contributed by atoms with Crippen molar-refractivity contribution >= 4 is 22.1 Å². The van der Waals surface area contributed by atoms with Crippen LogP contribution in [0.25, 0.3) is 10.8 Å². The van der Waals surface area contributed by atoms with Crippen LogP contribution in [0.3, 0.4) is 0 Å². The summed E-state index contributed by atoms with van der Waals surface area (Å²) in [7, 11) is 0. The standard InChI is InChI=1S/C16H12N2O3/c19-11-6-7-13(15(21)9-11)17-18-16-12-4-2-1-3-10(12)5-8-14(16)20/h1-9,19-21H. The van der Waals surface area contributed by atoms with Gasteiger partial charge in [-0.3, -0.25) is 0 Å². The predicted octanol–water partition coefficient (Wildman–Crippen LogP) is 4.37. The van der Waals surface area contributed by atoms with Crippen molar-refractivity contribution in [1.82, 2.24) is 0 Å². The molecule has 0 aliphatic rings. The van der Waals surface area contributed by atoms with E-state index in [9.17, 15) is 15.3 Å². The summed E-state index contributed by atoms with van der Waals surface area (Å²) in [5.41, 5.74) is 0.542. The summed E-state index contributed by atoms with van der Waals surface area (Å²) in [5, 5.41) is 38.5. The Morgan fingerprint density at radius 3 is 2.33 bits per heavy atom. The molecule has 0 amide bonds. The highest BCUT2D eigenvalue weighted by Crippen LogP contribution is 2.37. The summed E-state index contributed by atoms with van der Waals surface area (Å²) >= 11 is 0. The third-order valence-electron chi connectivity index (χ3n) is 3.10. The van der Waals surface area contributed by atoms with Gasteiger partial charge >= 0.3 is 0 Å². The van der Waals surface area contributed by atoms with Gasteiger partial charge in [-0.15, -0.1) is 10.2 Å². The molecule has 0 aliphatic carbocycles. The van der Waals surface area contributed by atoms with E-state index >= 15 is 0 Å². The molecule has 3 N–H and O–H groups in total. The van der Waals surface area contributed by atoms with Gasteiger partial charge < -0.3 is 15.3 Å². The molecular formula is C16H12N2O3. The predicted molar refractivity (Wildman–Crippen MR) is 79.6 cm³/mol. The number of fused-ring (bicyclic) bond motifs is 1. The maximum Gasteiger partial charge on any atom is 0.146 e. The third kappa shape index (κ3) is 2.49. The lowest BCUT2D eigenvalue weighted by Crippen LogP contribution is -1.75. The Morgan fingerprint density at radius 2 is 1.52 bits per heavy atom. The first kappa shape index (κ1) is 12.9. The van der Waals surface area contributed by atoms with Crippen molar-refractivity contribution in [1.29, 1.82) is 0 Å². The fourth-order valence-corrected chi connectivity index (χ4v) is 2.05. The molecule has 21 heavy (non-hydrogen) atoms. The minimum absolute atomic E-state index is 0.00992. The highest BCUT2D eigenvalue weighted by atomic mass is 16.3. The van der Waals surface area contributed by atoms with Gasteiger partial charge in [-0.2, -0.15) is 0 Å². The van der Waals surface area contributed by atoms with Gasteiger partial charge in [0.2, 0.25) is 0 Å². The summed E-state index contributed by atoms with van der Waals surface area (Å²) in [4.78, 5) is 0. The van der Waals surface area contributed by atoms with Crippen molar-refractivity contribution in [2.24, 2.45) is 10.2 Å². The first-order chi connectivity index (χ1) is 10.1. The maximum atomic E-state index is 9.94. The zero-order chi connectivity index (χ0) is 14.8. The molecule has 3 aromatic carbocycles. The third-order valence-corrected chi connectivity index (χ3v) is 3.10. The van der Waals surface area contributed by atoms with Gasteiger partial charge in [0.1, 0.15) is 28.6 Å². The molecule has 0 aromatic heterocycles. The Hall–Kier alpha value is -3.08. The number of azo groups is 1. The molecule has 0 aliphatic heterocycles. The van der Waals surface area contributed by atoms with Crippen molar-refractivity contribution in [3.05, 3.63) is 54.6 Å². The Balaban J connectivity index is 2.09. The quantitative estimate of drug-likeness (QED) is 0.609. The Kier molecular flexibility index (Phi) is 3.16. The largest absolute Gasteiger partial charge is 0.508 e. The molecular weight excluding hydrogens is 268 g/mol. The van der Waals surface area contributed by atoms with Crippen molar-refractivity contribution in [3.63, 3.8) is 0 Å². The van der Waals surface area contributed by atoms with E-state index in [1.165, 1.54) is 18.2 Å². The molecule has 3 rings (SSSR count). The molecule has 0 radical (unpaired) electrons. The number of hydrogen-bond acceptors (Lipinski definition) is 5. The van der Waals surface area contributed by atoms with Crippen LogP contribution in [0.2, 0.25) is 0 Å². The molecule has 3 aromatic rings. The fourth-order valence-electron chi connectivity index (χ4n) is 2.05. The van der Waals surface area contributed by atoms with E-state index in [4.69, 9.17) is 0 Å². The second kappa shape index (κ2) is 5.13. The van der Waals surface area contributed by atoms with E-state index in [2.05, 4.69) is 10.2 Å². The lowest BCUT2D eigenvalue weighted by Gasteiger charge is -2.04. The summed E-state index contributed by atoms with van der Waals surface area (Å²) in [6.07, 6.45) is 0. The van der Waals surface area contributed by atoms with Crippen LogP contribution in [0.1, 0.15) is 0 Å². The minimum atomic E-state index is -0.182. The lowest BCUT2D eigenvalue weighted by atomic mass is 10.1. The van der Waals surface area contributed by atoms with Crippen molar-refractivity contribution in [2.45, 2.75) is 0 Å². The Morgan fingerprint density at radius 1 is 0.714 bits per heavy atom. The molecule has 104 valence electrons. The van der Waals surface area contributed by atoms with E-state index in [0.29, 0.717) is 5.69 Å². The summed E-state index contributed by atoms with van der Waals surface area (Å²) in [6, 6.07) is 14.8. The van der Waals surface area contributed by atoms with Crippen LogP contribution in [0.5, 0.6) is 17.2 Å². The molecule has 0 spiro atoms. The normalized spacial score (nSPS) is 11.2. The number of phenols is 3. The first-order valence-corrected chi connectivity index (χ1v) is 6.29. The highest BCUT2D eigenvalue weighted by molar-refractivity contribution is 5.95. The molecule has 0 heterocycles. The topological polar surface area (TPSA) is 85.4 Å².